The Morgan fingerprint density at radius 3 is 2.50 bits per heavy atom. The normalized spacial score (nSPS) is 11.1. The van der Waals surface area contributed by atoms with Gasteiger partial charge in [-0.05, 0) is 42.7 Å². The molecule has 7 heteroatoms. The first-order valence-electron chi connectivity index (χ1n) is 7.07. The van der Waals surface area contributed by atoms with E-state index in [0.717, 1.165) is 37.6 Å². The van der Waals surface area contributed by atoms with Crippen LogP contribution in [0.2, 0.25) is 0 Å². The fraction of sp³-hybridized carbons (Fsp3) is 0.467. The number of rotatable bonds is 6. The van der Waals surface area contributed by atoms with E-state index < -0.39 is 0 Å². The van der Waals surface area contributed by atoms with Gasteiger partial charge in [0.25, 0.3) is 0 Å². The lowest BCUT2D eigenvalue weighted by molar-refractivity contribution is 0.782. The Morgan fingerprint density at radius 2 is 1.95 bits per heavy atom. The highest BCUT2D eigenvalue weighted by molar-refractivity contribution is 14.0. The number of aryl methyl sites for hydroxylation is 2. The zero-order chi connectivity index (χ0) is 15.1. The van der Waals surface area contributed by atoms with Crippen LogP contribution in [0.25, 0.3) is 0 Å². The molecule has 2 aromatic heterocycles. The van der Waals surface area contributed by atoms with Crippen molar-refractivity contribution in [3.8, 4) is 0 Å². The minimum absolute atomic E-state index is 0. The van der Waals surface area contributed by atoms with Gasteiger partial charge in [-0.1, -0.05) is 0 Å². The maximum atomic E-state index is 4.55. The molecule has 0 spiro atoms. The number of hydrogen-bond acceptors (Lipinski definition) is 4. The second kappa shape index (κ2) is 10.2. The molecule has 0 fully saturated rings. The van der Waals surface area contributed by atoms with Crippen molar-refractivity contribution in [3.63, 3.8) is 0 Å². The van der Waals surface area contributed by atoms with E-state index in [1.807, 2.05) is 0 Å². The lowest BCUT2D eigenvalue weighted by Gasteiger charge is -2.10. The lowest BCUT2D eigenvalue weighted by atomic mass is 10.2. The van der Waals surface area contributed by atoms with E-state index in [-0.39, 0.29) is 24.0 Å². The summed E-state index contributed by atoms with van der Waals surface area (Å²) in [4.78, 5) is 10.1. The Labute approximate surface area is 157 Å². The third kappa shape index (κ3) is 6.21. The van der Waals surface area contributed by atoms with Gasteiger partial charge in [-0.25, -0.2) is 4.98 Å². The molecular weight excluding hydrogens is 427 g/mol. The maximum Gasteiger partial charge on any atom is 0.191 e. The van der Waals surface area contributed by atoms with Gasteiger partial charge in [0.2, 0.25) is 0 Å². The van der Waals surface area contributed by atoms with Crippen molar-refractivity contribution in [2.24, 2.45) is 4.99 Å². The summed E-state index contributed by atoms with van der Waals surface area (Å²) in [7, 11) is 1.80. The summed E-state index contributed by atoms with van der Waals surface area (Å²) >= 11 is 3.52. The number of aromatic nitrogens is 1. The van der Waals surface area contributed by atoms with Crippen molar-refractivity contribution in [1.29, 1.82) is 0 Å². The quantitative estimate of drug-likeness (QED) is 0.403. The number of guanidine groups is 1. The van der Waals surface area contributed by atoms with Crippen LogP contribution in [0.4, 0.5) is 0 Å². The number of thiazole rings is 1. The Morgan fingerprint density at radius 1 is 1.23 bits per heavy atom. The summed E-state index contributed by atoms with van der Waals surface area (Å²) in [6, 6.07) is 2.16. The molecule has 0 bridgehead atoms. The van der Waals surface area contributed by atoms with Gasteiger partial charge < -0.3 is 10.6 Å². The molecule has 2 heterocycles. The van der Waals surface area contributed by atoms with Crippen LogP contribution in [0.15, 0.2) is 21.8 Å². The van der Waals surface area contributed by atoms with Crippen LogP contribution in [-0.2, 0) is 12.8 Å². The summed E-state index contributed by atoms with van der Waals surface area (Å²) in [5.41, 5.74) is 2.52. The fourth-order valence-electron chi connectivity index (χ4n) is 1.91. The number of nitrogens with one attached hydrogen (secondary N) is 2. The van der Waals surface area contributed by atoms with E-state index in [0.29, 0.717) is 0 Å². The lowest BCUT2D eigenvalue weighted by Crippen LogP contribution is -2.39. The van der Waals surface area contributed by atoms with Crippen molar-refractivity contribution < 1.29 is 0 Å². The predicted octanol–water partition coefficient (Wildman–Crippen LogP) is 3.39. The van der Waals surface area contributed by atoms with Crippen molar-refractivity contribution in [3.05, 3.63) is 38.0 Å². The number of thiophene rings is 1. The van der Waals surface area contributed by atoms with Crippen molar-refractivity contribution in [2.45, 2.75) is 26.7 Å². The monoisotopic (exact) mass is 450 g/mol. The highest BCUT2D eigenvalue weighted by Gasteiger charge is 2.04. The SMILES string of the molecule is CN=C(NCCc1ccsc1)NCCc1nc(C)c(C)s1.I. The Hall–Kier alpha value is -0.670. The van der Waals surface area contributed by atoms with Gasteiger partial charge in [-0.15, -0.1) is 35.3 Å². The standard InChI is InChI=1S/C15H22N4S2.HI/c1-11-12(2)21-14(19-11)5-8-18-15(16-3)17-7-4-13-6-9-20-10-13;/h6,9-10H,4-5,7-8H2,1-3H3,(H2,16,17,18);1H. The fourth-order valence-corrected chi connectivity index (χ4v) is 3.55. The Kier molecular flexibility index (Phi) is 8.96. The molecule has 2 rings (SSSR count). The van der Waals surface area contributed by atoms with E-state index in [1.165, 1.54) is 15.4 Å². The Balaban J connectivity index is 0.00000242. The van der Waals surface area contributed by atoms with Crippen molar-refractivity contribution in [1.82, 2.24) is 15.6 Å². The van der Waals surface area contributed by atoms with Crippen LogP contribution in [0.1, 0.15) is 21.1 Å². The molecule has 0 atom stereocenters. The van der Waals surface area contributed by atoms with Crippen LogP contribution in [-0.4, -0.2) is 31.1 Å². The van der Waals surface area contributed by atoms with E-state index in [9.17, 15) is 0 Å². The number of nitrogens with zero attached hydrogens (tertiary/aromatic N) is 2. The van der Waals surface area contributed by atoms with Crippen molar-refractivity contribution in [2.75, 3.05) is 20.1 Å². The third-order valence-corrected chi connectivity index (χ3v) is 5.08. The van der Waals surface area contributed by atoms with Gasteiger partial charge in [0.1, 0.15) is 0 Å². The average Bonchev–Trinajstić information content (AvgIpc) is 3.08. The number of halogens is 1. The molecule has 0 saturated carbocycles. The summed E-state index contributed by atoms with van der Waals surface area (Å²) in [5.74, 6) is 0.857. The van der Waals surface area contributed by atoms with Crippen LogP contribution in [0, 0.1) is 13.8 Å². The number of hydrogen-bond donors (Lipinski definition) is 2. The van der Waals surface area contributed by atoms with Gasteiger partial charge in [0, 0.05) is 31.4 Å². The summed E-state index contributed by atoms with van der Waals surface area (Å²) in [6.45, 7) is 5.93. The molecular formula is C15H23IN4S2. The average molecular weight is 450 g/mol. The van der Waals surface area contributed by atoms with E-state index >= 15 is 0 Å². The molecule has 0 radical (unpaired) electrons. The van der Waals surface area contributed by atoms with E-state index in [2.05, 4.69) is 51.3 Å². The first kappa shape index (κ1) is 19.4. The smallest absolute Gasteiger partial charge is 0.191 e. The van der Waals surface area contributed by atoms with Crippen molar-refractivity contribution >= 4 is 52.6 Å². The van der Waals surface area contributed by atoms with Gasteiger partial charge in [-0.3, -0.25) is 4.99 Å². The first-order valence-corrected chi connectivity index (χ1v) is 8.83. The molecule has 0 aliphatic carbocycles. The topological polar surface area (TPSA) is 49.3 Å². The molecule has 2 N–H and O–H groups in total. The highest BCUT2D eigenvalue weighted by Crippen LogP contribution is 2.16. The zero-order valence-electron chi connectivity index (χ0n) is 13.2. The molecule has 0 aliphatic heterocycles. The van der Waals surface area contributed by atoms with Crippen LogP contribution in [0.3, 0.4) is 0 Å². The molecule has 0 saturated heterocycles. The van der Waals surface area contributed by atoms with E-state index in [1.54, 1.807) is 29.7 Å². The Bertz CT molecular complexity index is 559. The predicted molar refractivity (Wildman–Crippen MR) is 108 cm³/mol. The first-order chi connectivity index (χ1) is 10.2. The highest BCUT2D eigenvalue weighted by atomic mass is 127. The largest absolute Gasteiger partial charge is 0.356 e. The molecule has 2 aromatic rings. The molecule has 0 aliphatic rings. The summed E-state index contributed by atoms with van der Waals surface area (Å²) in [5, 5.41) is 12.2. The van der Waals surface area contributed by atoms with Gasteiger partial charge in [0.05, 0.1) is 10.7 Å². The molecule has 0 amide bonds. The van der Waals surface area contributed by atoms with E-state index in [4.69, 9.17) is 0 Å². The van der Waals surface area contributed by atoms with Gasteiger partial charge in [0.15, 0.2) is 5.96 Å². The maximum absolute atomic E-state index is 4.55. The second-order valence-corrected chi connectivity index (χ2v) is 6.87. The van der Waals surface area contributed by atoms with Crippen LogP contribution < -0.4 is 10.6 Å². The molecule has 0 unspecified atom stereocenters. The van der Waals surface area contributed by atoms with Crippen LogP contribution >= 0.6 is 46.7 Å². The molecule has 4 nitrogen and oxygen atoms in total. The second-order valence-electron chi connectivity index (χ2n) is 4.81. The third-order valence-electron chi connectivity index (χ3n) is 3.21. The molecule has 22 heavy (non-hydrogen) atoms. The zero-order valence-corrected chi connectivity index (χ0v) is 17.1. The molecule has 122 valence electrons. The van der Waals surface area contributed by atoms with Gasteiger partial charge in [-0.2, -0.15) is 11.3 Å². The minimum atomic E-state index is 0. The summed E-state index contributed by atoms with van der Waals surface area (Å²) in [6.07, 6.45) is 1.96. The molecule has 0 aromatic carbocycles. The number of aliphatic imine (C=N–C) groups is 1. The minimum Gasteiger partial charge on any atom is -0.356 e. The summed E-state index contributed by atoms with van der Waals surface area (Å²) < 4.78 is 0. The van der Waals surface area contributed by atoms with Gasteiger partial charge >= 0.3 is 0 Å². The van der Waals surface area contributed by atoms with Crippen LogP contribution in [0.5, 0.6) is 0 Å².